The number of benzene rings is 2. The topological polar surface area (TPSA) is 71.3 Å². The summed E-state index contributed by atoms with van der Waals surface area (Å²) in [6.45, 7) is 1.56. The molecule has 1 amide bonds. The van der Waals surface area contributed by atoms with Crippen LogP contribution in [0.2, 0.25) is 5.02 Å². The van der Waals surface area contributed by atoms with Gasteiger partial charge in [0, 0.05) is 11.1 Å². The van der Waals surface area contributed by atoms with Crippen LogP contribution in [0.5, 0.6) is 11.5 Å². The summed E-state index contributed by atoms with van der Waals surface area (Å²) in [6, 6.07) is 13.7. The molecule has 0 aliphatic rings. The summed E-state index contributed by atoms with van der Waals surface area (Å²) in [7, 11) is 3.04. The molecule has 0 aliphatic carbocycles. The van der Waals surface area contributed by atoms with E-state index < -0.39 is 11.3 Å². The van der Waals surface area contributed by atoms with Crippen molar-refractivity contribution in [2.45, 2.75) is 12.3 Å². The number of hydrogen-bond acceptors (Lipinski definition) is 4. The maximum atomic E-state index is 12.7. The Balaban J connectivity index is 2.33. The van der Waals surface area contributed by atoms with Crippen LogP contribution in [0.3, 0.4) is 0 Å². The number of ether oxygens (including phenoxy) is 2. The van der Waals surface area contributed by atoms with E-state index >= 15 is 0 Å². The molecule has 0 saturated heterocycles. The fraction of sp³-hybridized carbons (Fsp3) is 0.222. The van der Waals surface area contributed by atoms with Gasteiger partial charge in [0.05, 0.1) is 26.0 Å². The Hall–Kier alpha value is -2.71. The van der Waals surface area contributed by atoms with Gasteiger partial charge in [-0.25, -0.2) is 0 Å². The molecule has 0 saturated carbocycles. The van der Waals surface area contributed by atoms with E-state index in [4.69, 9.17) is 21.1 Å². The zero-order chi connectivity index (χ0) is 17.7. The average Bonchev–Trinajstić information content (AvgIpc) is 2.61. The number of methoxy groups -OCH3 is 2. The Kier molecular flexibility index (Phi) is 5.32. The Morgan fingerprint density at radius 1 is 1.17 bits per heavy atom. The lowest BCUT2D eigenvalue weighted by Crippen LogP contribution is -2.36. The van der Waals surface area contributed by atoms with Gasteiger partial charge in [0.25, 0.3) is 0 Å². The summed E-state index contributed by atoms with van der Waals surface area (Å²) in [5, 5.41) is 12.9. The molecule has 2 rings (SSSR count). The van der Waals surface area contributed by atoms with Gasteiger partial charge >= 0.3 is 0 Å². The monoisotopic (exact) mass is 344 g/mol. The van der Waals surface area contributed by atoms with Gasteiger partial charge in [-0.2, -0.15) is 5.26 Å². The SMILES string of the molecule is COc1ccc(NC(=O)[C@](C)(C#N)c2ccc(Cl)cc2)c(OC)c1. The minimum absolute atomic E-state index is 0.444. The molecule has 0 unspecified atom stereocenters. The van der Waals surface area contributed by atoms with Crippen molar-refractivity contribution >= 4 is 23.2 Å². The van der Waals surface area contributed by atoms with Gasteiger partial charge in [-0.3, -0.25) is 4.79 Å². The summed E-state index contributed by atoms with van der Waals surface area (Å²) in [4.78, 5) is 12.7. The third kappa shape index (κ3) is 3.44. The first kappa shape index (κ1) is 17.6. The smallest absolute Gasteiger partial charge is 0.249 e. The highest BCUT2D eigenvalue weighted by Crippen LogP contribution is 2.32. The number of nitrogens with zero attached hydrogens (tertiary/aromatic N) is 1. The third-order valence-corrected chi connectivity index (χ3v) is 4.01. The van der Waals surface area contributed by atoms with Crippen LogP contribution in [0.4, 0.5) is 5.69 Å². The largest absolute Gasteiger partial charge is 0.497 e. The van der Waals surface area contributed by atoms with Crippen molar-refractivity contribution in [3.63, 3.8) is 0 Å². The molecule has 0 heterocycles. The van der Waals surface area contributed by atoms with Crippen molar-refractivity contribution in [1.29, 1.82) is 5.26 Å². The van der Waals surface area contributed by atoms with Crippen molar-refractivity contribution < 1.29 is 14.3 Å². The van der Waals surface area contributed by atoms with Gasteiger partial charge in [0.15, 0.2) is 5.41 Å². The zero-order valence-corrected chi connectivity index (χ0v) is 14.3. The molecule has 6 heteroatoms. The zero-order valence-electron chi connectivity index (χ0n) is 13.6. The molecule has 2 aromatic carbocycles. The summed E-state index contributed by atoms with van der Waals surface area (Å²) in [6.07, 6.45) is 0. The van der Waals surface area contributed by atoms with E-state index in [0.717, 1.165) is 0 Å². The van der Waals surface area contributed by atoms with E-state index in [1.165, 1.54) is 7.11 Å². The third-order valence-electron chi connectivity index (χ3n) is 3.76. The molecule has 5 nitrogen and oxygen atoms in total. The summed E-state index contributed by atoms with van der Waals surface area (Å²) in [5.41, 5.74) is -0.353. The van der Waals surface area contributed by atoms with Crippen molar-refractivity contribution in [3.05, 3.63) is 53.1 Å². The first-order chi connectivity index (χ1) is 11.4. The maximum absolute atomic E-state index is 12.7. The number of carbonyl (C=O) groups is 1. The second kappa shape index (κ2) is 7.24. The lowest BCUT2D eigenvalue weighted by molar-refractivity contribution is -0.119. The van der Waals surface area contributed by atoms with E-state index in [9.17, 15) is 10.1 Å². The number of amides is 1. The fourth-order valence-electron chi connectivity index (χ4n) is 2.18. The molecular weight excluding hydrogens is 328 g/mol. The van der Waals surface area contributed by atoms with Crippen LogP contribution < -0.4 is 14.8 Å². The number of anilines is 1. The van der Waals surface area contributed by atoms with Crippen LogP contribution in [-0.4, -0.2) is 20.1 Å². The van der Waals surface area contributed by atoms with E-state index in [2.05, 4.69) is 11.4 Å². The number of rotatable bonds is 5. The molecule has 0 aliphatic heterocycles. The van der Waals surface area contributed by atoms with E-state index in [-0.39, 0.29) is 0 Å². The highest BCUT2D eigenvalue weighted by atomic mass is 35.5. The minimum atomic E-state index is -1.37. The van der Waals surface area contributed by atoms with E-state index in [0.29, 0.717) is 27.8 Å². The summed E-state index contributed by atoms with van der Waals surface area (Å²) >= 11 is 5.87. The first-order valence-electron chi connectivity index (χ1n) is 7.15. The molecule has 0 aromatic heterocycles. The van der Waals surface area contributed by atoms with E-state index in [1.54, 1.807) is 56.5 Å². The van der Waals surface area contributed by atoms with E-state index in [1.807, 2.05) is 0 Å². The van der Waals surface area contributed by atoms with Gasteiger partial charge in [0.1, 0.15) is 11.5 Å². The second-order valence-electron chi connectivity index (χ2n) is 5.26. The predicted octanol–water partition coefficient (Wildman–Crippen LogP) is 3.78. The second-order valence-corrected chi connectivity index (χ2v) is 5.70. The number of nitriles is 1. The van der Waals surface area contributed by atoms with Crippen LogP contribution in [0.1, 0.15) is 12.5 Å². The molecule has 0 spiro atoms. The summed E-state index contributed by atoms with van der Waals surface area (Å²) < 4.78 is 10.4. The quantitative estimate of drug-likeness (QED) is 0.896. The molecule has 124 valence electrons. The van der Waals surface area contributed by atoms with Crippen molar-refractivity contribution in [2.75, 3.05) is 19.5 Å². The van der Waals surface area contributed by atoms with Gasteiger partial charge in [-0.05, 0) is 36.8 Å². The summed E-state index contributed by atoms with van der Waals surface area (Å²) in [5.74, 6) is 0.584. The number of hydrogen-bond donors (Lipinski definition) is 1. The minimum Gasteiger partial charge on any atom is -0.497 e. The van der Waals surface area contributed by atoms with Crippen LogP contribution in [0, 0.1) is 11.3 Å². The molecule has 0 bridgehead atoms. The van der Waals surface area contributed by atoms with Gasteiger partial charge in [-0.15, -0.1) is 0 Å². The van der Waals surface area contributed by atoms with Crippen molar-refractivity contribution in [2.24, 2.45) is 0 Å². The molecule has 0 fully saturated rings. The van der Waals surface area contributed by atoms with Crippen LogP contribution >= 0.6 is 11.6 Å². The normalized spacial score (nSPS) is 12.6. The number of nitrogens with one attached hydrogen (secondary N) is 1. The maximum Gasteiger partial charge on any atom is 0.249 e. The Morgan fingerprint density at radius 3 is 2.38 bits per heavy atom. The highest BCUT2D eigenvalue weighted by Gasteiger charge is 2.36. The average molecular weight is 345 g/mol. The van der Waals surface area contributed by atoms with Gasteiger partial charge in [0.2, 0.25) is 5.91 Å². The molecule has 1 atom stereocenters. The van der Waals surface area contributed by atoms with Crippen LogP contribution in [-0.2, 0) is 10.2 Å². The lowest BCUT2D eigenvalue weighted by Gasteiger charge is -2.22. The van der Waals surface area contributed by atoms with Crippen molar-refractivity contribution in [1.82, 2.24) is 0 Å². The van der Waals surface area contributed by atoms with Gasteiger partial charge in [-0.1, -0.05) is 23.7 Å². The molecule has 0 radical (unpaired) electrons. The van der Waals surface area contributed by atoms with Crippen molar-refractivity contribution in [3.8, 4) is 17.6 Å². The van der Waals surface area contributed by atoms with Gasteiger partial charge < -0.3 is 14.8 Å². The molecule has 1 N–H and O–H groups in total. The number of carbonyl (C=O) groups excluding carboxylic acids is 1. The first-order valence-corrected chi connectivity index (χ1v) is 7.53. The Morgan fingerprint density at radius 2 is 1.83 bits per heavy atom. The highest BCUT2D eigenvalue weighted by molar-refractivity contribution is 6.30. The van der Waals surface area contributed by atoms with Crippen LogP contribution in [0.25, 0.3) is 0 Å². The predicted molar refractivity (Wildman–Crippen MR) is 92.6 cm³/mol. The fourth-order valence-corrected chi connectivity index (χ4v) is 2.30. The molecule has 24 heavy (non-hydrogen) atoms. The molecule has 2 aromatic rings. The van der Waals surface area contributed by atoms with Crippen LogP contribution in [0.15, 0.2) is 42.5 Å². The molecular formula is C18H17ClN2O3. The standard InChI is InChI=1S/C18H17ClN2O3/c1-18(11-20,12-4-6-13(19)7-5-12)17(22)21-15-9-8-14(23-2)10-16(15)24-3/h4-10H,1-3H3,(H,21,22)/t18-/m1/s1. The Bertz CT molecular complexity index is 784. The Labute approximate surface area is 145 Å². The lowest BCUT2D eigenvalue weighted by atomic mass is 9.83. The number of halogens is 1.